The van der Waals surface area contributed by atoms with Crippen molar-refractivity contribution in [3.8, 4) is 5.75 Å². The lowest BCUT2D eigenvalue weighted by molar-refractivity contribution is 0.0886. The van der Waals surface area contributed by atoms with Crippen LogP contribution in [-0.4, -0.2) is 31.1 Å². The Hall–Kier alpha value is -1.94. The summed E-state index contributed by atoms with van der Waals surface area (Å²) >= 11 is 0. The van der Waals surface area contributed by atoms with Crippen molar-refractivity contribution in [1.82, 2.24) is 4.90 Å². The van der Waals surface area contributed by atoms with Gasteiger partial charge in [-0.05, 0) is 49.4 Å². The number of hydrogen-bond donors (Lipinski definition) is 0. The summed E-state index contributed by atoms with van der Waals surface area (Å²) in [5.74, 6) is 0.0965. The van der Waals surface area contributed by atoms with Crippen molar-refractivity contribution < 1.29 is 13.5 Å². The monoisotopic (exact) mass is 303 g/mol. The average Bonchev–Trinajstić information content (AvgIpc) is 2.52. The van der Waals surface area contributed by atoms with Crippen LogP contribution in [0.5, 0.6) is 5.75 Å². The van der Waals surface area contributed by atoms with Gasteiger partial charge in [-0.3, -0.25) is 0 Å². The van der Waals surface area contributed by atoms with Gasteiger partial charge in [0.1, 0.15) is 23.5 Å². The van der Waals surface area contributed by atoms with Gasteiger partial charge in [0.15, 0.2) is 0 Å². The lowest BCUT2D eigenvalue weighted by Crippen LogP contribution is -2.42. The summed E-state index contributed by atoms with van der Waals surface area (Å²) in [5, 5.41) is 0. The van der Waals surface area contributed by atoms with E-state index in [2.05, 4.69) is 4.90 Å². The van der Waals surface area contributed by atoms with Crippen LogP contribution >= 0.6 is 0 Å². The number of benzene rings is 2. The second kappa shape index (κ2) is 6.44. The van der Waals surface area contributed by atoms with E-state index in [1.807, 2.05) is 19.2 Å². The standard InChI is InChI=1S/C18H19F2NO/c1-21-11-10-18(22-14-8-6-13(19)7-9-14)16(12-21)15-4-2-3-5-17(15)20/h2-9,16,18H,10-12H2,1H3/t16-,18+/m1/s1. The van der Waals surface area contributed by atoms with E-state index in [1.54, 1.807) is 18.2 Å². The zero-order valence-corrected chi connectivity index (χ0v) is 12.5. The van der Waals surface area contributed by atoms with Gasteiger partial charge in [0.05, 0.1) is 0 Å². The van der Waals surface area contributed by atoms with Crippen molar-refractivity contribution in [3.05, 3.63) is 65.7 Å². The van der Waals surface area contributed by atoms with Crippen molar-refractivity contribution in [2.45, 2.75) is 18.4 Å². The molecule has 0 spiro atoms. The molecule has 0 amide bonds. The molecule has 1 saturated heterocycles. The smallest absolute Gasteiger partial charge is 0.126 e. The predicted molar refractivity (Wildman–Crippen MR) is 82.1 cm³/mol. The zero-order valence-electron chi connectivity index (χ0n) is 12.5. The Labute approximate surface area is 129 Å². The van der Waals surface area contributed by atoms with Gasteiger partial charge in [0, 0.05) is 19.0 Å². The van der Waals surface area contributed by atoms with Gasteiger partial charge in [-0.2, -0.15) is 0 Å². The number of piperidine rings is 1. The van der Waals surface area contributed by atoms with Crippen LogP contribution in [0.1, 0.15) is 17.9 Å². The largest absolute Gasteiger partial charge is 0.490 e. The van der Waals surface area contributed by atoms with Gasteiger partial charge >= 0.3 is 0 Å². The maximum atomic E-state index is 14.1. The minimum atomic E-state index is -0.290. The Morgan fingerprint density at radius 3 is 2.50 bits per heavy atom. The van der Waals surface area contributed by atoms with Crippen molar-refractivity contribution in [1.29, 1.82) is 0 Å². The highest BCUT2D eigenvalue weighted by Crippen LogP contribution is 2.31. The van der Waals surface area contributed by atoms with E-state index in [0.717, 1.165) is 19.5 Å². The number of hydrogen-bond acceptors (Lipinski definition) is 2. The maximum absolute atomic E-state index is 14.1. The fraction of sp³-hybridized carbons (Fsp3) is 0.333. The first kappa shape index (κ1) is 15.0. The highest BCUT2D eigenvalue weighted by atomic mass is 19.1. The van der Waals surface area contributed by atoms with Gasteiger partial charge in [0.2, 0.25) is 0 Å². The summed E-state index contributed by atoms with van der Waals surface area (Å²) in [5.41, 5.74) is 0.682. The van der Waals surface area contributed by atoms with E-state index in [9.17, 15) is 8.78 Å². The summed E-state index contributed by atoms with van der Waals surface area (Å²) in [6.07, 6.45) is 0.700. The van der Waals surface area contributed by atoms with Crippen LogP contribution in [-0.2, 0) is 0 Å². The Bertz CT molecular complexity index is 629. The van der Waals surface area contributed by atoms with Crippen LogP contribution in [0.2, 0.25) is 0 Å². The Kier molecular flexibility index (Phi) is 4.39. The molecule has 1 aliphatic heterocycles. The highest BCUT2D eigenvalue weighted by Gasteiger charge is 2.32. The van der Waals surface area contributed by atoms with Crippen LogP contribution < -0.4 is 4.74 Å². The topological polar surface area (TPSA) is 12.5 Å². The third kappa shape index (κ3) is 3.28. The Morgan fingerprint density at radius 1 is 1.05 bits per heavy atom. The van der Waals surface area contributed by atoms with Gasteiger partial charge < -0.3 is 9.64 Å². The molecule has 4 heteroatoms. The van der Waals surface area contributed by atoms with Crippen molar-refractivity contribution in [3.63, 3.8) is 0 Å². The SMILES string of the molecule is CN1CC[C@H](Oc2ccc(F)cc2)[C@@H](c2ccccc2F)C1. The lowest BCUT2D eigenvalue weighted by atomic mass is 9.87. The average molecular weight is 303 g/mol. The summed E-state index contributed by atoms with van der Waals surface area (Å²) in [6, 6.07) is 12.8. The summed E-state index contributed by atoms with van der Waals surface area (Å²) < 4.78 is 33.2. The van der Waals surface area contributed by atoms with Crippen molar-refractivity contribution in [2.24, 2.45) is 0 Å². The number of rotatable bonds is 3. The number of nitrogens with zero attached hydrogens (tertiary/aromatic N) is 1. The molecule has 0 N–H and O–H groups in total. The molecule has 0 bridgehead atoms. The van der Waals surface area contributed by atoms with E-state index in [-0.39, 0.29) is 23.7 Å². The molecule has 2 aromatic carbocycles. The number of halogens is 2. The van der Waals surface area contributed by atoms with E-state index in [4.69, 9.17) is 4.74 Å². The van der Waals surface area contributed by atoms with Gasteiger partial charge in [0.25, 0.3) is 0 Å². The lowest BCUT2D eigenvalue weighted by Gasteiger charge is -2.37. The van der Waals surface area contributed by atoms with Crippen LogP contribution in [0, 0.1) is 11.6 Å². The zero-order chi connectivity index (χ0) is 15.5. The molecule has 116 valence electrons. The van der Waals surface area contributed by atoms with Gasteiger partial charge in [-0.15, -0.1) is 0 Å². The highest BCUT2D eigenvalue weighted by molar-refractivity contribution is 5.27. The molecule has 1 aliphatic rings. The fourth-order valence-corrected chi connectivity index (χ4v) is 3.00. The molecule has 2 nitrogen and oxygen atoms in total. The quantitative estimate of drug-likeness (QED) is 0.854. The summed E-state index contributed by atoms with van der Waals surface area (Å²) in [4.78, 5) is 2.18. The van der Waals surface area contributed by atoms with E-state index in [1.165, 1.54) is 18.2 Å². The Morgan fingerprint density at radius 2 is 1.77 bits per heavy atom. The maximum Gasteiger partial charge on any atom is 0.126 e. The molecule has 22 heavy (non-hydrogen) atoms. The summed E-state index contributed by atoms with van der Waals surface area (Å²) in [7, 11) is 2.03. The van der Waals surface area contributed by atoms with E-state index in [0.29, 0.717) is 11.3 Å². The first-order chi connectivity index (χ1) is 10.6. The third-order valence-electron chi connectivity index (χ3n) is 4.16. The minimum Gasteiger partial charge on any atom is -0.490 e. The molecule has 0 aliphatic carbocycles. The molecule has 1 fully saturated rings. The molecule has 2 atom stereocenters. The predicted octanol–water partition coefficient (Wildman–Crippen LogP) is 3.83. The molecule has 3 rings (SSSR count). The molecular weight excluding hydrogens is 284 g/mol. The van der Waals surface area contributed by atoms with E-state index < -0.39 is 0 Å². The Balaban J connectivity index is 1.84. The molecule has 1 heterocycles. The first-order valence-corrected chi connectivity index (χ1v) is 7.48. The van der Waals surface area contributed by atoms with Crippen LogP contribution in [0.4, 0.5) is 8.78 Å². The molecule has 0 radical (unpaired) electrons. The van der Waals surface area contributed by atoms with Gasteiger partial charge in [-0.25, -0.2) is 8.78 Å². The molecule has 0 aromatic heterocycles. The van der Waals surface area contributed by atoms with Gasteiger partial charge in [-0.1, -0.05) is 18.2 Å². The first-order valence-electron chi connectivity index (χ1n) is 7.48. The van der Waals surface area contributed by atoms with E-state index >= 15 is 0 Å². The molecule has 0 saturated carbocycles. The fourth-order valence-electron chi connectivity index (χ4n) is 3.00. The van der Waals surface area contributed by atoms with Crippen LogP contribution in [0.15, 0.2) is 48.5 Å². The number of ether oxygens (including phenoxy) is 1. The minimum absolute atomic E-state index is 0.0370. The second-order valence-electron chi connectivity index (χ2n) is 5.79. The van der Waals surface area contributed by atoms with Crippen LogP contribution in [0.25, 0.3) is 0 Å². The van der Waals surface area contributed by atoms with Crippen LogP contribution in [0.3, 0.4) is 0 Å². The normalized spacial score (nSPS) is 22.5. The van der Waals surface area contributed by atoms with Crippen molar-refractivity contribution in [2.75, 3.05) is 20.1 Å². The number of likely N-dealkylation sites (N-methyl/N-ethyl adjacent to an activating group) is 1. The molecule has 2 aromatic rings. The van der Waals surface area contributed by atoms with Crippen molar-refractivity contribution >= 4 is 0 Å². The molecular formula is C18H19F2NO. The summed E-state index contributed by atoms with van der Waals surface area (Å²) in [6.45, 7) is 1.64. The second-order valence-corrected chi connectivity index (χ2v) is 5.79. The number of likely N-dealkylation sites (tertiary alicyclic amines) is 1. The third-order valence-corrected chi connectivity index (χ3v) is 4.16. The molecule has 0 unspecified atom stereocenters.